The molecule has 1 heterocycles. The number of nitrogen functional groups attached to an aromatic ring is 1. The molecule has 3 rings (SSSR count). The average molecular weight is 272 g/mol. The van der Waals surface area contributed by atoms with E-state index in [1.807, 2.05) is 0 Å². The van der Waals surface area contributed by atoms with Crippen molar-refractivity contribution in [3.8, 4) is 0 Å². The zero-order valence-electron chi connectivity index (χ0n) is 10.00. The van der Waals surface area contributed by atoms with Crippen molar-refractivity contribution in [1.29, 1.82) is 0 Å². The van der Waals surface area contributed by atoms with Crippen molar-refractivity contribution in [1.82, 2.24) is 4.98 Å². The van der Waals surface area contributed by atoms with Gasteiger partial charge in [-0.1, -0.05) is 18.2 Å². The molecule has 1 aromatic heterocycles. The highest BCUT2D eigenvalue weighted by molar-refractivity contribution is 7.91. The number of aromatic nitrogens is 1. The standard InChI is InChI=1S/C14H12N2O2S/c15-11-6-7-13-10(8-11)9-14(16-13)19(17,18)12-4-2-1-3-5-12/h1-9,16H,15H2. The topological polar surface area (TPSA) is 76.0 Å². The molecule has 96 valence electrons. The molecule has 0 amide bonds. The summed E-state index contributed by atoms with van der Waals surface area (Å²) in [4.78, 5) is 3.19. The monoisotopic (exact) mass is 272 g/mol. The number of nitrogens with one attached hydrogen (secondary N) is 1. The fourth-order valence-electron chi connectivity index (χ4n) is 2.00. The molecule has 2 aromatic carbocycles. The minimum Gasteiger partial charge on any atom is -0.399 e. The second kappa shape index (κ2) is 4.13. The molecule has 19 heavy (non-hydrogen) atoms. The molecule has 0 fully saturated rings. The minimum absolute atomic E-state index is 0.180. The zero-order chi connectivity index (χ0) is 13.5. The maximum Gasteiger partial charge on any atom is 0.221 e. The number of H-pyrrole nitrogens is 1. The molecule has 0 saturated carbocycles. The number of hydrogen-bond donors (Lipinski definition) is 2. The molecule has 0 unspecified atom stereocenters. The predicted octanol–water partition coefficient (Wildman–Crippen LogP) is 2.58. The van der Waals surface area contributed by atoms with E-state index in [9.17, 15) is 8.42 Å². The van der Waals surface area contributed by atoms with Crippen molar-refractivity contribution >= 4 is 26.4 Å². The predicted molar refractivity (Wildman–Crippen MR) is 74.6 cm³/mol. The van der Waals surface area contributed by atoms with Crippen LogP contribution in [0.1, 0.15) is 0 Å². The third-order valence-electron chi connectivity index (χ3n) is 2.96. The van der Waals surface area contributed by atoms with Crippen LogP contribution in [0.15, 0.2) is 64.5 Å². The van der Waals surface area contributed by atoms with Crippen LogP contribution in [0, 0.1) is 0 Å². The fourth-order valence-corrected chi connectivity index (χ4v) is 3.29. The second-order valence-electron chi connectivity index (χ2n) is 4.30. The van der Waals surface area contributed by atoms with Crippen molar-refractivity contribution in [3.63, 3.8) is 0 Å². The zero-order valence-corrected chi connectivity index (χ0v) is 10.8. The highest BCUT2D eigenvalue weighted by atomic mass is 32.2. The van der Waals surface area contributed by atoms with Gasteiger partial charge in [0.1, 0.15) is 5.03 Å². The Morgan fingerprint density at radius 1 is 0.947 bits per heavy atom. The number of rotatable bonds is 2. The van der Waals surface area contributed by atoms with Gasteiger partial charge in [-0.25, -0.2) is 8.42 Å². The molecule has 0 aliphatic rings. The first-order valence-electron chi connectivity index (χ1n) is 5.76. The molecule has 5 heteroatoms. The Hall–Kier alpha value is -2.27. The maximum atomic E-state index is 12.4. The summed E-state index contributed by atoms with van der Waals surface area (Å²) in [6.07, 6.45) is 0. The van der Waals surface area contributed by atoms with Crippen LogP contribution in [0.5, 0.6) is 0 Å². The highest BCUT2D eigenvalue weighted by Crippen LogP contribution is 2.25. The van der Waals surface area contributed by atoms with Crippen LogP contribution >= 0.6 is 0 Å². The van der Waals surface area contributed by atoms with Crippen molar-refractivity contribution < 1.29 is 8.42 Å². The van der Waals surface area contributed by atoms with Crippen LogP contribution < -0.4 is 5.73 Å². The Kier molecular flexibility index (Phi) is 2.57. The second-order valence-corrected chi connectivity index (χ2v) is 6.21. The summed E-state index contributed by atoms with van der Waals surface area (Å²) in [5.41, 5.74) is 7.05. The maximum absolute atomic E-state index is 12.4. The van der Waals surface area contributed by atoms with Gasteiger partial charge in [-0.2, -0.15) is 0 Å². The van der Waals surface area contributed by atoms with Gasteiger partial charge in [0.15, 0.2) is 0 Å². The van der Waals surface area contributed by atoms with Crippen LogP contribution in [-0.4, -0.2) is 13.4 Å². The van der Waals surface area contributed by atoms with Gasteiger partial charge in [-0.3, -0.25) is 0 Å². The number of fused-ring (bicyclic) bond motifs is 1. The van der Waals surface area contributed by atoms with Gasteiger partial charge in [0.25, 0.3) is 0 Å². The van der Waals surface area contributed by atoms with E-state index >= 15 is 0 Å². The van der Waals surface area contributed by atoms with Crippen LogP contribution in [0.25, 0.3) is 10.9 Å². The Labute approximate surface area is 110 Å². The molecule has 3 aromatic rings. The molecule has 0 atom stereocenters. The molecule has 0 radical (unpaired) electrons. The molecular formula is C14H12N2O2S. The SMILES string of the molecule is Nc1ccc2[nH]c(S(=O)(=O)c3ccccc3)cc2c1. The summed E-state index contributed by atoms with van der Waals surface area (Å²) in [6, 6.07) is 15.2. The van der Waals surface area contributed by atoms with Gasteiger partial charge < -0.3 is 10.7 Å². The summed E-state index contributed by atoms with van der Waals surface area (Å²) in [7, 11) is -3.51. The Morgan fingerprint density at radius 2 is 1.68 bits per heavy atom. The number of anilines is 1. The van der Waals surface area contributed by atoms with Crippen molar-refractivity contribution in [2.45, 2.75) is 9.92 Å². The lowest BCUT2D eigenvalue weighted by Gasteiger charge is -2.00. The molecule has 0 spiro atoms. The third kappa shape index (κ3) is 1.98. The van der Waals surface area contributed by atoms with Gasteiger partial charge in [0.2, 0.25) is 9.84 Å². The first-order valence-corrected chi connectivity index (χ1v) is 7.24. The van der Waals surface area contributed by atoms with Gasteiger partial charge in [-0.15, -0.1) is 0 Å². The number of nitrogens with two attached hydrogens (primary N) is 1. The van der Waals surface area contributed by atoms with E-state index in [1.54, 1.807) is 54.6 Å². The summed E-state index contributed by atoms with van der Waals surface area (Å²) >= 11 is 0. The first-order chi connectivity index (χ1) is 9.07. The smallest absolute Gasteiger partial charge is 0.221 e. The van der Waals surface area contributed by atoms with E-state index in [0.717, 1.165) is 10.9 Å². The van der Waals surface area contributed by atoms with Crippen LogP contribution in [0.3, 0.4) is 0 Å². The van der Waals surface area contributed by atoms with E-state index in [4.69, 9.17) is 5.73 Å². The van der Waals surface area contributed by atoms with E-state index in [1.165, 1.54) is 0 Å². The van der Waals surface area contributed by atoms with Crippen molar-refractivity contribution in [2.75, 3.05) is 5.73 Å². The molecule has 4 nitrogen and oxygen atoms in total. The quantitative estimate of drug-likeness (QED) is 0.704. The molecule has 0 saturated heterocycles. The number of aromatic amines is 1. The summed E-state index contributed by atoms with van der Waals surface area (Å²) in [5, 5.41) is 0.966. The normalized spacial score (nSPS) is 11.8. The molecule has 0 aliphatic carbocycles. The van der Waals surface area contributed by atoms with Crippen molar-refractivity contribution in [3.05, 3.63) is 54.6 Å². The first kappa shape index (κ1) is 11.8. The third-order valence-corrected chi connectivity index (χ3v) is 4.65. The van der Waals surface area contributed by atoms with E-state index in [0.29, 0.717) is 5.69 Å². The van der Waals surface area contributed by atoms with Crippen LogP contribution in [0.2, 0.25) is 0 Å². The Bertz CT molecular complexity index is 836. The molecule has 3 N–H and O–H groups in total. The lowest BCUT2D eigenvalue weighted by Crippen LogP contribution is -2.01. The Balaban J connectivity index is 2.19. The van der Waals surface area contributed by atoms with Gasteiger partial charge in [0, 0.05) is 16.6 Å². The summed E-state index contributed by atoms with van der Waals surface area (Å²) in [6.45, 7) is 0. The van der Waals surface area contributed by atoms with E-state index < -0.39 is 9.84 Å². The van der Waals surface area contributed by atoms with E-state index in [2.05, 4.69) is 4.98 Å². The summed E-state index contributed by atoms with van der Waals surface area (Å²) in [5.74, 6) is 0. The number of benzene rings is 2. The van der Waals surface area contributed by atoms with Crippen LogP contribution in [0.4, 0.5) is 5.69 Å². The molecule has 0 aliphatic heterocycles. The highest BCUT2D eigenvalue weighted by Gasteiger charge is 2.19. The van der Waals surface area contributed by atoms with Gasteiger partial charge >= 0.3 is 0 Å². The Morgan fingerprint density at radius 3 is 2.42 bits per heavy atom. The lowest BCUT2D eigenvalue weighted by molar-refractivity contribution is 0.593. The fraction of sp³-hybridized carbons (Fsp3) is 0. The van der Waals surface area contributed by atoms with Crippen molar-refractivity contribution in [2.24, 2.45) is 0 Å². The van der Waals surface area contributed by atoms with Gasteiger partial charge in [-0.05, 0) is 36.4 Å². The minimum atomic E-state index is -3.51. The largest absolute Gasteiger partial charge is 0.399 e. The molecule has 0 bridgehead atoms. The lowest BCUT2D eigenvalue weighted by atomic mass is 10.2. The average Bonchev–Trinajstić information content (AvgIpc) is 2.83. The van der Waals surface area contributed by atoms with E-state index in [-0.39, 0.29) is 9.92 Å². The molecular weight excluding hydrogens is 260 g/mol. The number of hydrogen-bond acceptors (Lipinski definition) is 3. The van der Waals surface area contributed by atoms with Crippen LogP contribution in [-0.2, 0) is 9.84 Å². The van der Waals surface area contributed by atoms with Gasteiger partial charge in [0.05, 0.1) is 4.90 Å². The number of sulfone groups is 1. The summed E-state index contributed by atoms with van der Waals surface area (Å²) < 4.78 is 24.9.